The first-order valence-electron chi connectivity index (χ1n) is 16.4. The average Bonchev–Trinajstić information content (AvgIpc) is 3.61. The lowest BCUT2D eigenvalue weighted by Gasteiger charge is -2.29. The van der Waals surface area contributed by atoms with Crippen LogP contribution in [0, 0.1) is 33.1 Å². The zero-order chi connectivity index (χ0) is 39.2. The normalized spacial score (nSPS) is 18.4. The Morgan fingerprint density at radius 1 is 1.17 bits per heavy atom. The summed E-state index contributed by atoms with van der Waals surface area (Å²) < 4.78 is 91.0. The Morgan fingerprint density at radius 3 is 2.46 bits per heavy atom. The quantitative estimate of drug-likeness (QED) is 0.0914. The molecule has 3 heterocycles. The Hall–Kier alpha value is -4.25. The van der Waals surface area contributed by atoms with Crippen LogP contribution >= 0.6 is 34.2 Å². The van der Waals surface area contributed by atoms with Gasteiger partial charge in [-0.2, -0.15) is 19.0 Å². The van der Waals surface area contributed by atoms with Gasteiger partial charge in [0.25, 0.3) is 5.92 Å². The van der Waals surface area contributed by atoms with Crippen LogP contribution in [0.4, 0.5) is 23.4 Å². The molecule has 11 nitrogen and oxygen atoms in total. The average molecular weight is 896 g/mol. The number of nitrogens with two attached hydrogens (primary N) is 1. The third-order valence-corrected chi connectivity index (χ3v) is 11.1. The van der Waals surface area contributed by atoms with Gasteiger partial charge < -0.3 is 10.8 Å². The van der Waals surface area contributed by atoms with E-state index in [4.69, 9.17) is 22.3 Å². The van der Waals surface area contributed by atoms with E-state index >= 15 is 8.78 Å². The van der Waals surface area contributed by atoms with Crippen molar-refractivity contribution in [1.82, 2.24) is 24.5 Å². The summed E-state index contributed by atoms with van der Waals surface area (Å²) in [7, 11) is -2.27. The van der Waals surface area contributed by atoms with Gasteiger partial charge in [-0.05, 0) is 97.0 Å². The van der Waals surface area contributed by atoms with Crippen LogP contribution < -0.4 is 10.5 Å². The molecule has 0 bridgehead atoms. The van der Waals surface area contributed by atoms with E-state index in [0.717, 1.165) is 23.1 Å². The number of rotatable bonds is 9. The molecule has 5 aromatic rings. The summed E-state index contributed by atoms with van der Waals surface area (Å²) in [5.74, 6) is -3.60. The van der Waals surface area contributed by atoms with E-state index in [1.165, 1.54) is 30.7 Å². The van der Waals surface area contributed by atoms with Gasteiger partial charge in [0.2, 0.25) is 15.9 Å². The first-order chi connectivity index (χ1) is 25.1. The van der Waals surface area contributed by atoms with E-state index < -0.39 is 68.6 Å². The molecule has 0 aliphatic heterocycles. The number of pyridine rings is 1. The standard InChI is InChI=1S/C36H31ClF4IN7O4S/c1-35(2,51)10-9-19-5-6-20(21-7-8-25(37)27-29(21)48(3)46-34(27)47-54(4,52)53)28(44-19)23(13-16-11-17(38)14-18(39)12-16)30(33(43)50)49-31-26(32(42)45-49)22-15-24(22)36(31,40)41/h5-8,11-12,14,22-24,30,51H,13,15H2,1-4H3,(H2,43,50)(H,46,47)/t22-,23+,24+,30?/m0/s1. The number of alkyl halides is 2. The maximum atomic E-state index is 16.0. The number of fused-ring (bicyclic) bond motifs is 4. The molecule has 1 amide bonds. The van der Waals surface area contributed by atoms with Gasteiger partial charge in [0.05, 0.1) is 27.9 Å². The topological polar surface area (TPSA) is 158 Å². The van der Waals surface area contributed by atoms with E-state index in [9.17, 15) is 27.1 Å². The zero-order valence-electron chi connectivity index (χ0n) is 28.9. The first-order valence-corrected chi connectivity index (χ1v) is 19.8. The van der Waals surface area contributed by atoms with Gasteiger partial charge in [0, 0.05) is 41.6 Å². The Labute approximate surface area is 325 Å². The number of halogens is 6. The maximum Gasteiger partial charge on any atom is 0.293 e. The van der Waals surface area contributed by atoms with Crippen molar-refractivity contribution in [2.75, 3.05) is 11.0 Å². The van der Waals surface area contributed by atoms with Gasteiger partial charge >= 0.3 is 0 Å². The van der Waals surface area contributed by atoms with Gasteiger partial charge in [-0.3, -0.25) is 14.2 Å². The lowest BCUT2D eigenvalue weighted by Crippen LogP contribution is -2.37. The molecular formula is C36H31ClF4IN7O4S. The van der Waals surface area contributed by atoms with E-state index in [0.29, 0.717) is 22.7 Å². The van der Waals surface area contributed by atoms with Crippen molar-refractivity contribution in [3.8, 4) is 23.0 Å². The number of sulfonamides is 1. The fourth-order valence-corrected chi connectivity index (χ4v) is 8.94. The summed E-state index contributed by atoms with van der Waals surface area (Å²) in [4.78, 5) is 18.6. The zero-order valence-corrected chi connectivity index (χ0v) is 32.7. The largest absolute Gasteiger partial charge is 0.378 e. The summed E-state index contributed by atoms with van der Waals surface area (Å²) in [6.45, 7) is 2.92. The highest BCUT2D eigenvalue weighted by Gasteiger charge is 2.67. The van der Waals surface area contributed by atoms with Crippen molar-refractivity contribution in [1.29, 1.82) is 0 Å². The number of carbonyl (C=O) groups excluding carboxylic acids is 1. The Morgan fingerprint density at radius 2 is 1.83 bits per heavy atom. The van der Waals surface area contributed by atoms with E-state index in [-0.39, 0.29) is 55.3 Å². The maximum absolute atomic E-state index is 16.0. The summed E-state index contributed by atoms with van der Waals surface area (Å²) >= 11 is 8.48. The van der Waals surface area contributed by atoms with Gasteiger partial charge in [-0.15, -0.1) is 0 Å². The molecule has 4 atom stereocenters. The second-order valence-electron chi connectivity index (χ2n) is 14.1. The molecule has 1 fully saturated rings. The smallest absolute Gasteiger partial charge is 0.293 e. The molecule has 4 N–H and O–H groups in total. The molecule has 0 radical (unpaired) electrons. The number of aryl methyl sites for hydroxylation is 1. The Kier molecular flexibility index (Phi) is 9.30. The summed E-state index contributed by atoms with van der Waals surface area (Å²) in [5, 5.41) is 19.5. The highest BCUT2D eigenvalue weighted by molar-refractivity contribution is 14.1. The number of hydrogen-bond donors (Lipinski definition) is 3. The van der Waals surface area contributed by atoms with Gasteiger partial charge in [-0.1, -0.05) is 23.6 Å². The third-order valence-electron chi connectivity index (χ3n) is 9.44. The van der Waals surface area contributed by atoms with Crippen molar-refractivity contribution in [2.24, 2.45) is 18.7 Å². The Bertz CT molecular complexity index is 2560. The number of carbonyl (C=O) groups is 1. The van der Waals surface area contributed by atoms with Crippen LogP contribution in [0.5, 0.6) is 0 Å². The number of primary amides is 1. The molecule has 0 saturated heterocycles. The molecule has 18 heteroatoms. The number of aromatic nitrogens is 5. The fraction of sp³-hybridized carbons (Fsp3) is 0.333. The van der Waals surface area contributed by atoms with Crippen molar-refractivity contribution in [2.45, 2.75) is 56.1 Å². The number of benzene rings is 2. The van der Waals surface area contributed by atoms with E-state index in [1.54, 1.807) is 19.2 Å². The molecule has 0 spiro atoms. The molecule has 54 heavy (non-hydrogen) atoms. The Balaban J connectivity index is 1.54. The molecular weight excluding hydrogens is 865 g/mol. The second kappa shape index (κ2) is 13.2. The minimum absolute atomic E-state index is 0.0409. The SMILES string of the molecule is Cn1nc(NS(C)(=O)=O)c2c(Cl)ccc(-c3ccc(C#CC(C)(C)O)nc3[C@@H](Cc3cc(F)cc(F)c3)C(C(N)=O)n3nc(I)c4c3C(F)(F)[C@@H]3C[C@H]43)c21. The van der Waals surface area contributed by atoms with Gasteiger partial charge in [0.1, 0.15) is 38.4 Å². The van der Waals surface area contributed by atoms with Crippen LogP contribution in [-0.4, -0.2) is 55.8 Å². The van der Waals surface area contributed by atoms with Crippen molar-refractivity contribution in [3.05, 3.63) is 91.0 Å². The highest BCUT2D eigenvalue weighted by atomic mass is 127. The number of nitrogens with one attached hydrogen (secondary N) is 1. The number of hydrogen-bond acceptors (Lipinski definition) is 7. The molecule has 3 aromatic heterocycles. The molecule has 2 aliphatic rings. The van der Waals surface area contributed by atoms with Crippen LogP contribution in [0.1, 0.15) is 66.4 Å². The minimum Gasteiger partial charge on any atom is -0.378 e. The van der Waals surface area contributed by atoms with Gasteiger partial charge in [-0.25, -0.2) is 26.9 Å². The van der Waals surface area contributed by atoms with Crippen LogP contribution in [0.2, 0.25) is 5.02 Å². The van der Waals surface area contributed by atoms with Crippen molar-refractivity contribution in [3.63, 3.8) is 0 Å². The number of aliphatic hydroxyl groups is 1. The molecule has 1 unspecified atom stereocenters. The summed E-state index contributed by atoms with van der Waals surface area (Å²) in [6.07, 6.45) is 0.859. The molecule has 282 valence electrons. The van der Waals surface area contributed by atoms with Crippen LogP contribution in [0.25, 0.3) is 22.0 Å². The predicted molar refractivity (Wildman–Crippen MR) is 201 cm³/mol. The van der Waals surface area contributed by atoms with Crippen LogP contribution in [-0.2, 0) is 34.2 Å². The molecule has 1 saturated carbocycles. The molecule has 2 aliphatic carbocycles. The molecule has 2 aromatic carbocycles. The fourth-order valence-electron chi connectivity index (χ4n) is 7.32. The third kappa shape index (κ3) is 6.93. The molecule has 7 rings (SSSR count). The summed E-state index contributed by atoms with van der Waals surface area (Å²) in [6, 6.07) is 7.32. The van der Waals surface area contributed by atoms with Crippen molar-refractivity contribution >= 4 is 66.8 Å². The first kappa shape index (κ1) is 38.0. The lowest BCUT2D eigenvalue weighted by atomic mass is 9.84. The minimum atomic E-state index is -3.82. The second-order valence-corrected chi connectivity index (χ2v) is 17.3. The van der Waals surface area contributed by atoms with E-state index in [2.05, 4.69) is 26.8 Å². The number of amides is 1. The van der Waals surface area contributed by atoms with Crippen LogP contribution in [0.3, 0.4) is 0 Å². The van der Waals surface area contributed by atoms with Crippen LogP contribution in [0.15, 0.2) is 42.5 Å². The number of anilines is 1. The highest BCUT2D eigenvalue weighted by Crippen LogP contribution is 2.68. The predicted octanol–water partition coefficient (Wildman–Crippen LogP) is 6.12. The monoisotopic (exact) mass is 895 g/mol. The van der Waals surface area contributed by atoms with Gasteiger partial charge in [0.15, 0.2) is 5.82 Å². The van der Waals surface area contributed by atoms with Crippen molar-refractivity contribution < 1.29 is 35.9 Å². The summed E-state index contributed by atoms with van der Waals surface area (Å²) in [5.41, 5.74) is 5.68. The number of nitrogens with zero attached hydrogens (tertiary/aromatic N) is 5. The van der Waals surface area contributed by atoms with E-state index in [1.807, 2.05) is 22.6 Å². The lowest BCUT2D eigenvalue weighted by molar-refractivity contribution is -0.122.